The van der Waals surface area contributed by atoms with Gasteiger partial charge in [-0.15, -0.1) is 0 Å². The summed E-state index contributed by atoms with van der Waals surface area (Å²) in [6.45, 7) is 3.91. The van der Waals surface area contributed by atoms with E-state index in [-0.39, 0.29) is 5.91 Å². The summed E-state index contributed by atoms with van der Waals surface area (Å²) in [4.78, 5) is 15.2. The van der Waals surface area contributed by atoms with Crippen molar-refractivity contribution in [2.24, 2.45) is 0 Å². The summed E-state index contributed by atoms with van der Waals surface area (Å²) in [5, 5.41) is 0. The molecule has 0 bridgehead atoms. The van der Waals surface area contributed by atoms with Crippen molar-refractivity contribution in [3.63, 3.8) is 0 Å². The van der Waals surface area contributed by atoms with E-state index in [1.54, 1.807) is 7.11 Å². The number of rotatable bonds is 14. The van der Waals surface area contributed by atoms with Crippen molar-refractivity contribution < 1.29 is 14.3 Å². The number of methoxy groups -OCH3 is 1. The van der Waals surface area contributed by atoms with Crippen LogP contribution < -0.4 is 9.47 Å². The number of benzene rings is 3. The molecule has 0 radical (unpaired) electrons. The molecule has 40 heavy (non-hydrogen) atoms. The van der Waals surface area contributed by atoms with Crippen molar-refractivity contribution in [1.82, 2.24) is 4.90 Å². The zero-order valence-electron chi connectivity index (χ0n) is 24.6. The maximum absolute atomic E-state index is 13.2. The van der Waals surface area contributed by atoms with Gasteiger partial charge >= 0.3 is 0 Å². The highest BCUT2D eigenvalue weighted by Crippen LogP contribution is 2.32. The molecule has 3 aromatic rings. The Labute approximate surface area is 241 Å². The number of hydrogen-bond donors (Lipinski definition) is 0. The van der Waals surface area contributed by atoms with E-state index in [1.165, 1.54) is 55.2 Å². The van der Waals surface area contributed by atoms with Crippen LogP contribution in [0.3, 0.4) is 0 Å². The van der Waals surface area contributed by atoms with Gasteiger partial charge in [-0.05, 0) is 60.4 Å². The highest BCUT2D eigenvalue weighted by molar-refractivity contribution is 5.76. The summed E-state index contributed by atoms with van der Waals surface area (Å²) in [7, 11) is 1.69. The van der Waals surface area contributed by atoms with Gasteiger partial charge in [0, 0.05) is 31.1 Å². The van der Waals surface area contributed by atoms with Crippen LogP contribution in [-0.4, -0.2) is 24.5 Å². The van der Waals surface area contributed by atoms with Gasteiger partial charge in [-0.3, -0.25) is 4.79 Å². The van der Waals surface area contributed by atoms with Gasteiger partial charge in [0.2, 0.25) is 5.91 Å². The minimum absolute atomic E-state index is 0.207. The highest BCUT2D eigenvalue weighted by atomic mass is 16.5. The minimum atomic E-state index is 0.207. The molecule has 1 aliphatic rings. The molecule has 214 valence electrons. The van der Waals surface area contributed by atoms with Crippen molar-refractivity contribution in [3.8, 4) is 11.5 Å². The van der Waals surface area contributed by atoms with E-state index in [0.717, 1.165) is 42.7 Å². The van der Waals surface area contributed by atoms with Crippen molar-refractivity contribution in [2.75, 3.05) is 13.7 Å². The van der Waals surface area contributed by atoms with E-state index >= 15 is 0 Å². The molecule has 4 rings (SSSR count). The van der Waals surface area contributed by atoms with Crippen LogP contribution >= 0.6 is 0 Å². The predicted octanol–water partition coefficient (Wildman–Crippen LogP) is 8.86. The van der Waals surface area contributed by atoms with Crippen LogP contribution in [0.15, 0.2) is 72.8 Å². The largest absolute Gasteiger partial charge is 0.496 e. The van der Waals surface area contributed by atoms with Crippen LogP contribution in [0.2, 0.25) is 0 Å². The number of unbranched alkanes of at least 4 members (excludes halogenated alkanes) is 2. The number of hydrogen-bond acceptors (Lipinski definition) is 3. The molecule has 3 aromatic carbocycles. The Morgan fingerprint density at radius 2 is 1.62 bits per heavy atom. The molecule has 0 aliphatic heterocycles. The Morgan fingerprint density at radius 1 is 0.875 bits per heavy atom. The lowest BCUT2D eigenvalue weighted by Crippen LogP contribution is -2.32. The fourth-order valence-electron chi connectivity index (χ4n) is 5.70. The summed E-state index contributed by atoms with van der Waals surface area (Å²) in [6.07, 6.45) is 12.6. The lowest BCUT2D eigenvalue weighted by molar-refractivity contribution is -0.131. The van der Waals surface area contributed by atoms with E-state index in [0.29, 0.717) is 32.0 Å². The van der Waals surface area contributed by atoms with Crippen LogP contribution in [0.1, 0.15) is 99.3 Å². The first-order valence-electron chi connectivity index (χ1n) is 15.4. The van der Waals surface area contributed by atoms with Gasteiger partial charge in [-0.2, -0.15) is 0 Å². The average Bonchev–Trinajstić information content (AvgIpc) is 3.29. The van der Waals surface area contributed by atoms with Crippen molar-refractivity contribution in [2.45, 2.75) is 96.6 Å². The average molecular weight is 542 g/mol. The summed E-state index contributed by atoms with van der Waals surface area (Å²) < 4.78 is 11.9. The van der Waals surface area contributed by atoms with Gasteiger partial charge in [0.1, 0.15) is 18.1 Å². The topological polar surface area (TPSA) is 38.8 Å². The molecule has 0 aromatic heterocycles. The molecule has 4 heteroatoms. The van der Waals surface area contributed by atoms with Gasteiger partial charge in [-0.1, -0.05) is 100 Å². The molecule has 0 heterocycles. The highest BCUT2D eigenvalue weighted by Gasteiger charge is 2.17. The molecule has 0 atom stereocenters. The van der Waals surface area contributed by atoms with Gasteiger partial charge in [0.25, 0.3) is 0 Å². The monoisotopic (exact) mass is 541 g/mol. The van der Waals surface area contributed by atoms with Crippen molar-refractivity contribution >= 4 is 5.91 Å². The number of amides is 1. The normalized spacial score (nSPS) is 13.9. The molecule has 1 saturated carbocycles. The molecule has 0 spiro atoms. The van der Waals surface area contributed by atoms with E-state index in [9.17, 15) is 4.79 Å². The van der Waals surface area contributed by atoms with E-state index in [1.807, 2.05) is 29.2 Å². The Hall–Kier alpha value is -3.27. The van der Waals surface area contributed by atoms with Crippen LogP contribution in [-0.2, 0) is 24.4 Å². The lowest BCUT2D eigenvalue weighted by Gasteiger charge is -2.24. The third-order valence-electron chi connectivity index (χ3n) is 8.19. The second-order valence-electron chi connectivity index (χ2n) is 11.2. The molecule has 1 fully saturated rings. The van der Waals surface area contributed by atoms with E-state index in [4.69, 9.17) is 9.47 Å². The first-order valence-corrected chi connectivity index (χ1v) is 15.4. The number of ether oxygens (including phenoxy) is 2. The maximum atomic E-state index is 13.2. The molecule has 1 amide bonds. The Bertz CT molecular complexity index is 1150. The molecular formula is C36H47NO3. The van der Waals surface area contributed by atoms with Crippen LogP contribution in [0, 0.1) is 0 Å². The number of carbonyl (C=O) groups excluding carboxylic acids is 1. The zero-order chi connectivity index (χ0) is 28.0. The smallest absolute Gasteiger partial charge is 0.222 e. The summed E-state index contributed by atoms with van der Waals surface area (Å²) in [6, 6.07) is 25.4. The van der Waals surface area contributed by atoms with Gasteiger partial charge < -0.3 is 14.4 Å². The molecule has 1 aliphatic carbocycles. The standard InChI is InChI=1S/C36H47NO3/c1-3-4-8-17-36(38)37(25-24-29-13-9-7-10-14-29)27-33-22-23-34(26-35(33)39-2)40-28-30-18-20-32(21-19-30)31-15-11-5-6-12-16-31/h7,9-10,13-14,18-23,26,31H,3-6,8,11-12,15-17,24-25,27-28H2,1-2H3. The summed E-state index contributed by atoms with van der Waals surface area (Å²) in [5.41, 5.74) is 4.88. The van der Waals surface area contributed by atoms with Crippen molar-refractivity contribution in [1.29, 1.82) is 0 Å². The number of nitrogens with zero attached hydrogens (tertiary/aromatic N) is 1. The first-order chi connectivity index (χ1) is 19.7. The third-order valence-corrected chi connectivity index (χ3v) is 8.19. The van der Waals surface area contributed by atoms with Crippen LogP contribution in [0.25, 0.3) is 0 Å². The minimum Gasteiger partial charge on any atom is -0.496 e. The Morgan fingerprint density at radius 3 is 2.33 bits per heavy atom. The summed E-state index contributed by atoms with van der Waals surface area (Å²) in [5.74, 6) is 2.45. The van der Waals surface area contributed by atoms with Crippen LogP contribution in [0.4, 0.5) is 0 Å². The third kappa shape index (κ3) is 9.15. The van der Waals surface area contributed by atoms with E-state index in [2.05, 4.69) is 55.5 Å². The first kappa shape index (κ1) is 29.7. The van der Waals surface area contributed by atoms with Gasteiger partial charge in [0.15, 0.2) is 0 Å². The molecule has 0 N–H and O–H groups in total. The predicted molar refractivity (Wildman–Crippen MR) is 164 cm³/mol. The van der Waals surface area contributed by atoms with E-state index < -0.39 is 0 Å². The molecular weight excluding hydrogens is 494 g/mol. The second-order valence-corrected chi connectivity index (χ2v) is 11.2. The quantitative estimate of drug-likeness (QED) is 0.151. The molecule has 0 unspecified atom stereocenters. The van der Waals surface area contributed by atoms with Crippen LogP contribution in [0.5, 0.6) is 11.5 Å². The fraction of sp³-hybridized carbons (Fsp3) is 0.472. The zero-order valence-corrected chi connectivity index (χ0v) is 24.6. The number of carbonyl (C=O) groups is 1. The lowest BCUT2D eigenvalue weighted by atomic mass is 9.91. The Kier molecular flexibility index (Phi) is 12.0. The maximum Gasteiger partial charge on any atom is 0.222 e. The van der Waals surface area contributed by atoms with Gasteiger partial charge in [-0.25, -0.2) is 0 Å². The van der Waals surface area contributed by atoms with Crippen molar-refractivity contribution in [3.05, 3.63) is 95.1 Å². The Balaban J connectivity index is 1.37. The second kappa shape index (κ2) is 16.1. The fourth-order valence-corrected chi connectivity index (χ4v) is 5.70. The molecule has 0 saturated heterocycles. The SMILES string of the molecule is CCCCCC(=O)N(CCc1ccccc1)Cc1ccc(OCc2ccc(C3CCCCCC3)cc2)cc1OC. The van der Waals surface area contributed by atoms with Gasteiger partial charge in [0.05, 0.1) is 7.11 Å². The molecule has 4 nitrogen and oxygen atoms in total. The summed E-state index contributed by atoms with van der Waals surface area (Å²) >= 11 is 0.